The van der Waals surface area contributed by atoms with E-state index in [4.69, 9.17) is 18.8 Å². The summed E-state index contributed by atoms with van der Waals surface area (Å²) in [5, 5.41) is 0. The smallest absolute Gasteiger partial charge is 0.463 e. The Bertz CT molecular complexity index is 747. The summed E-state index contributed by atoms with van der Waals surface area (Å²) in [6.45, 7) is 15.7. The molecule has 0 bridgehead atoms. The third kappa shape index (κ3) is 6.10. The second-order valence-corrected chi connectivity index (χ2v) is 10.5. The van der Waals surface area contributed by atoms with Gasteiger partial charge in [0, 0.05) is 30.9 Å². The fourth-order valence-corrected chi connectivity index (χ4v) is 3.61. The zero-order valence-corrected chi connectivity index (χ0v) is 19.9. The van der Waals surface area contributed by atoms with E-state index in [1.165, 1.54) is 0 Å². The maximum absolute atomic E-state index is 12.3. The molecular formula is C22H36BN3O5. The fraction of sp³-hybridized carbons (Fsp3) is 0.773. The lowest BCUT2D eigenvalue weighted by Gasteiger charge is -2.34. The highest BCUT2D eigenvalue weighted by atomic mass is 16.7. The summed E-state index contributed by atoms with van der Waals surface area (Å²) in [5.41, 5.74) is -0.511. The zero-order chi connectivity index (χ0) is 22.9. The topological polar surface area (TPSA) is 83.0 Å². The molecule has 1 aromatic heterocycles. The van der Waals surface area contributed by atoms with E-state index in [2.05, 4.69) is 9.97 Å². The second kappa shape index (κ2) is 8.94. The second-order valence-electron chi connectivity index (χ2n) is 10.5. The number of aromatic nitrogens is 2. The van der Waals surface area contributed by atoms with Gasteiger partial charge in [0.15, 0.2) is 0 Å². The highest BCUT2D eigenvalue weighted by molar-refractivity contribution is 6.61. The molecule has 3 rings (SSSR count). The summed E-state index contributed by atoms with van der Waals surface area (Å²) in [6.07, 6.45) is 6.03. The van der Waals surface area contributed by atoms with Crippen LogP contribution in [0, 0.1) is 5.92 Å². The molecule has 1 aromatic rings. The van der Waals surface area contributed by atoms with Crippen molar-refractivity contribution >= 4 is 18.7 Å². The summed E-state index contributed by atoms with van der Waals surface area (Å²) in [4.78, 5) is 22.7. The highest BCUT2D eigenvalue weighted by Crippen LogP contribution is 2.36. The van der Waals surface area contributed by atoms with Crippen LogP contribution in [0.4, 0.5) is 4.79 Å². The molecule has 1 atom stereocenters. The lowest BCUT2D eigenvalue weighted by Crippen LogP contribution is -2.43. The summed E-state index contributed by atoms with van der Waals surface area (Å²) >= 11 is 0. The first-order valence-corrected chi connectivity index (χ1v) is 11.1. The van der Waals surface area contributed by atoms with Crippen molar-refractivity contribution in [1.29, 1.82) is 0 Å². The molecule has 31 heavy (non-hydrogen) atoms. The first-order valence-electron chi connectivity index (χ1n) is 11.1. The van der Waals surface area contributed by atoms with E-state index >= 15 is 0 Å². The Morgan fingerprint density at radius 3 is 2.39 bits per heavy atom. The van der Waals surface area contributed by atoms with Gasteiger partial charge in [0.2, 0.25) is 0 Å². The van der Waals surface area contributed by atoms with Gasteiger partial charge < -0.3 is 23.7 Å². The third-order valence-electron chi connectivity index (χ3n) is 6.10. The van der Waals surface area contributed by atoms with Crippen molar-refractivity contribution < 1.29 is 23.6 Å². The van der Waals surface area contributed by atoms with Crippen molar-refractivity contribution in [3.8, 4) is 6.01 Å². The zero-order valence-electron chi connectivity index (χ0n) is 19.9. The maximum Gasteiger partial charge on any atom is 0.498 e. The number of likely N-dealkylation sites (tertiary alicyclic amines) is 1. The standard InChI is InChI=1S/C22H36BN3O5/c1-20(2,3)29-19(27)26-11-8-9-16(15-26)10-12-28-18-24-13-17(14-25-18)23-30-21(4,5)22(6,7)31-23/h13-14,16H,8-12,15H2,1-7H3/t16-/m1/s1. The van der Waals surface area contributed by atoms with Gasteiger partial charge in [0.05, 0.1) is 17.8 Å². The minimum absolute atomic E-state index is 0.236. The Labute approximate surface area is 186 Å². The van der Waals surface area contributed by atoms with E-state index in [1.807, 2.05) is 48.5 Å². The van der Waals surface area contributed by atoms with Crippen LogP contribution in [0.2, 0.25) is 0 Å². The van der Waals surface area contributed by atoms with Gasteiger partial charge in [0.25, 0.3) is 0 Å². The van der Waals surface area contributed by atoms with Gasteiger partial charge in [-0.25, -0.2) is 14.8 Å². The Morgan fingerprint density at radius 1 is 1.19 bits per heavy atom. The first kappa shape index (κ1) is 23.8. The van der Waals surface area contributed by atoms with Crippen molar-refractivity contribution in [3.05, 3.63) is 12.4 Å². The molecule has 2 aliphatic rings. The van der Waals surface area contributed by atoms with Crippen LogP contribution in [-0.4, -0.2) is 64.6 Å². The molecule has 9 heteroatoms. The number of piperidine rings is 1. The molecule has 1 amide bonds. The fourth-order valence-electron chi connectivity index (χ4n) is 3.61. The van der Waals surface area contributed by atoms with E-state index < -0.39 is 23.9 Å². The van der Waals surface area contributed by atoms with Crippen LogP contribution in [-0.2, 0) is 14.0 Å². The third-order valence-corrected chi connectivity index (χ3v) is 6.10. The van der Waals surface area contributed by atoms with Gasteiger partial charge in [-0.3, -0.25) is 0 Å². The van der Waals surface area contributed by atoms with Gasteiger partial charge in [-0.05, 0) is 73.6 Å². The molecule has 0 aromatic carbocycles. The molecular weight excluding hydrogens is 397 g/mol. The van der Waals surface area contributed by atoms with Crippen LogP contribution in [0.1, 0.15) is 67.7 Å². The van der Waals surface area contributed by atoms with Crippen LogP contribution in [0.5, 0.6) is 6.01 Å². The van der Waals surface area contributed by atoms with E-state index in [9.17, 15) is 4.79 Å². The molecule has 0 N–H and O–H groups in total. The highest BCUT2D eigenvalue weighted by Gasteiger charge is 2.52. The van der Waals surface area contributed by atoms with Crippen LogP contribution in [0.3, 0.4) is 0 Å². The molecule has 172 valence electrons. The summed E-state index contributed by atoms with van der Waals surface area (Å²) in [7, 11) is -0.486. The number of carbonyl (C=O) groups is 1. The molecule has 3 heterocycles. The molecule has 0 aliphatic carbocycles. The van der Waals surface area contributed by atoms with E-state index in [-0.39, 0.29) is 6.09 Å². The van der Waals surface area contributed by atoms with Crippen molar-refractivity contribution in [1.82, 2.24) is 14.9 Å². The minimum atomic E-state index is -0.486. The molecule has 2 saturated heterocycles. The van der Waals surface area contributed by atoms with E-state index in [0.717, 1.165) is 31.3 Å². The maximum atomic E-state index is 12.3. The number of amides is 1. The molecule has 8 nitrogen and oxygen atoms in total. The quantitative estimate of drug-likeness (QED) is 0.660. The largest absolute Gasteiger partial charge is 0.498 e. The van der Waals surface area contributed by atoms with Gasteiger partial charge in [0.1, 0.15) is 5.60 Å². The van der Waals surface area contributed by atoms with Crippen LogP contribution in [0.25, 0.3) is 0 Å². The lowest BCUT2D eigenvalue weighted by molar-refractivity contribution is 0.00578. The normalized spacial score (nSPS) is 23.0. The van der Waals surface area contributed by atoms with Gasteiger partial charge >= 0.3 is 19.2 Å². The van der Waals surface area contributed by atoms with Crippen molar-refractivity contribution in [3.63, 3.8) is 0 Å². The predicted molar refractivity (Wildman–Crippen MR) is 118 cm³/mol. The molecule has 0 radical (unpaired) electrons. The van der Waals surface area contributed by atoms with Crippen LogP contribution >= 0.6 is 0 Å². The number of rotatable bonds is 5. The number of carbonyl (C=O) groups excluding carboxylic acids is 1. The SMILES string of the molecule is CC(C)(C)OC(=O)N1CCC[C@H](CCOc2ncc(B3OC(C)(C)C(C)(C)O3)cn2)C1. The summed E-state index contributed by atoms with van der Waals surface area (Å²) < 4.78 is 23.3. The summed E-state index contributed by atoms with van der Waals surface area (Å²) in [6, 6.07) is 0.333. The molecule has 0 unspecified atom stereocenters. The molecule has 2 fully saturated rings. The van der Waals surface area contributed by atoms with E-state index in [1.54, 1.807) is 17.3 Å². The van der Waals surface area contributed by atoms with Gasteiger partial charge in [-0.1, -0.05) is 0 Å². The number of hydrogen-bond acceptors (Lipinski definition) is 7. The van der Waals surface area contributed by atoms with Crippen molar-refractivity contribution in [2.75, 3.05) is 19.7 Å². The monoisotopic (exact) mass is 433 g/mol. The van der Waals surface area contributed by atoms with Crippen LogP contribution < -0.4 is 10.2 Å². The average molecular weight is 433 g/mol. The van der Waals surface area contributed by atoms with E-state index in [0.29, 0.717) is 25.1 Å². The first-order chi connectivity index (χ1) is 14.4. The minimum Gasteiger partial charge on any atom is -0.463 e. The van der Waals surface area contributed by atoms with Crippen LogP contribution in [0.15, 0.2) is 12.4 Å². The number of nitrogens with zero attached hydrogens (tertiary/aromatic N) is 3. The Morgan fingerprint density at radius 2 is 1.81 bits per heavy atom. The Hall–Kier alpha value is -1.87. The van der Waals surface area contributed by atoms with Crippen molar-refractivity contribution in [2.24, 2.45) is 5.92 Å². The number of ether oxygens (including phenoxy) is 2. The summed E-state index contributed by atoms with van der Waals surface area (Å²) in [5.74, 6) is 0.380. The lowest BCUT2D eigenvalue weighted by atomic mass is 9.81. The number of hydrogen-bond donors (Lipinski definition) is 0. The Kier molecular flexibility index (Phi) is 6.86. The Balaban J connectivity index is 1.45. The van der Waals surface area contributed by atoms with Gasteiger partial charge in [-0.15, -0.1) is 0 Å². The average Bonchev–Trinajstić information content (AvgIpc) is 2.88. The van der Waals surface area contributed by atoms with Gasteiger partial charge in [-0.2, -0.15) is 0 Å². The predicted octanol–water partition coefficient (Wildman–Crippen LogP) is 3.19. The van der Waals surface area contributed by atoms with Crippen molar-refractivity contribution in [2.45, 2.75) is 84.5 Å². The molecule has 0 spiro atoms. The molecule has 0 saturated carbocycles. The molecule has 2 aliphatic heterocycles.